The highest BCUT2D eigenvalue weighted by Crippen LogP contribution is 2.41. The van der Waals surface area contributed by atoms with E-state index in [1.807, 2.05) is 6.07 Å². The van der Waals surface area contributed by atoms with Crippen LogP contribution in [0.1, 0.15) is 38.2 Å². The monoisotopic (exact) mass is 562 g/mol. The highest BCUT2D eigenvalue weighted by Gasteiger charge is 2.17. The number of aromatic hydroxyl groups is 1. The molecule has 0 aliphatic rings. The molecule has 38 heavy (non-hydrogen) atoms. The minimum Gasteiger partial charge on any atom is -0.507 e. The number of unbranched alkanes of at least 4 members (excludes halogenated alkanes) is 3. The molecule has 0 saturated heterocycles. The number of azo groups is 2. The van der Waals surface area contributed by atoms with Crippen LogP contribution < -0.4 is 15.8 Å². The number of sulfonamides is 1. The highest BCUT2D eigenvalue weighted by atomic mass is 32.2. The molecule has 0 unspecified atom stereocenters. The van der Waals surface area contributed by atoms with Crippen molar-refractivity contribution in [1.82, 2.24) is 0 Å². The predicted molar refractivity (Wildman–Crippen MR) is 145 cm³/mol. The fourth-order valence-electron chi connectivity index (χ4n) is 3.86. The average molecular weight is 563 g/mol. The molecule has 0 bridgehead atoms. The van der Waals surface area contributed by atoms with Crippen molar-refractivity contribution in [3.05, 3.63) is 42.0 Å². The number of aryl methyl sites for hydroxylation is 1. The SMILES string of the molecule is CCCCCCc1cc(N=NC)c(OC)cc1N=Nc1cc(SOON)cc2cc(S(N)(=O)=O)cc(O)c12. The van der Waals surface area contributed by atoms with E-state index < -0.39 is 10.0 Å². The maximum absolute atomic E-state index is 11.9. The lowest BCUT2D eigenvalue weighted by atomic mass is 10.0. The van der Waals surface area contributed by atoms with Crippen molar-refractivity contribution in [2.24, 2.45) is 31.5 Å². The predicted octanol–water partition coefficient (Wildman–Crippen LogP) is 6.28. The van der Waals surface area contributed by atoms with Crippen molar-refractivity contribution in [1.29, 1.82) is 0 Å². The van der Waals surface area contributed by atoms with Crippen LogP contribution in [0, 0.1) is 0 Å². The van der Waals surface area contributed by atoms with Gasteiger partial charge in [-0.25, -0.2) is 13.6 Å². The minimum atomic E-state index is -4.08. The summed E-state index contributed by atoms with van der Waals surface area (Å²) in [7, 11) is -0.968. The summed E-state index contributed by atoms with van der Waals surface area (Å²) in [6.45, 7) is 2.15. The zero-order chi connectivity index (χ0) is 27.7. The second kappa shape index (κ2) is 13.6. The molecular weight excluding hydrogens is 532 g/mol. The van der Waals surface area contributed by atoms with Crippen molar-refractivity contribution in [3.63, 3.8) is 0 Å². The molecule has 204 valence electrons. The van der Waals surface area contributed by atoms with Crippen molar-refractivity contribution in [2.75, 3.05) is 14.2 Å². The van der Waals surface area contributed by atoms with E-state index in [1.54, 1.807) is 25.2 Å². The molecule has 0 radical (unpaired) electrons. The van der Waals surface area contributed by atoms with Gasteiger partial charge in [-0.3, -0.25) is 0 Å². The molecule has 0 fully saturated rings. The first-order chi connectivity index (χ1) is 18.2. The molecule has 0 spiro atoms. The van der Waals surface area contributed by atoms with Crippen LogP contribution in [0.2, 0.25) is 0 Å². The minimum absolute atomic E-state index is 0.248. The fourth-order valence-corrected chi connectivity index (χ4v) is 4.88. The molecule has 0 atom stereocenters. The number of fused-ring (bicyclic) bond motifs is 1. The Morgan fingerprint density at radius 1 is 0.974 bits per heavy atom. The third-order valence-corrected chi connectivity index (χ3v) is 7.07. The van der Waals surface area contributed by atoms with E-state index in [4.69, 9.17) is 20.1 Å². The number of hydrogen-bond acceptors (Lipinski definition) is 12. The van der Waals surface area contributed by atoms with Gasteiger partial charge in [-0.2, -0.15) is 21.2 Å². The summed E-state index contributed by atoms with van der Waals surface area (Å²) in [5.41, 5.74) is 2.29. The quantitative estimate of drug-likeness (QED) is 0.0714. The Morgan fingerprint density at radius 3 is 2.39 bits per heavy atom. The van der Waals surface area contributed by atoms with Crippen LogP contribution >= 0.6 is 12.0 Å². The first-order valence-corrected chi connectivity index (χ1v) is 14.0. The molecule has 14 heteroatoms. The molecule has 0 aliphatic carbocycles. The van der Waals surface area contributed by atoms with Gasteiger partial charge in [-0.05, 0) is 48.1 Å². The Kier molecular flexibility index (Phi) is 10.5. The van der Waals surface area contributed by atoms with Gasteiger partial charge in [-0.1, -0.05) is 26.2 Å². The van der Waals surface area contributed by atoms with Crippen molar-refractivity contribution in [2.45, 2.75) is 48.8 Å². The van der Waals surface area contributed by atoms with E-state index in [2.05, 4.69) is 32.4 Å². The van der Waals surface area contributed by atoms with Crippen LogP contribution in [-0.2, 0) is 25.8 Å². The summed E-state index contributed by atoms with van der Waals surface area (Å²) in [6, 6.07) is 9.15. The molecule has 3 aromatic rings. The van der Waals surface area contributed by atoms with Crippen LogP contribution in [0.15, 0.2) is 66.6 Å². The second-order valence-electron chi connectivity index (χ2n) is 8.24. The lowest BCUT2D eigenvalue weighted by molar-refractivity contribution is -0.195. The van der Waals surface area contributed by atoms with Gasteiger partial charge in [0.1, 0.15) is 17.2 Å². The standard InChI is InChI=1S/C24H30N6O6S2/c1-4-5-6-7-8-15-11-20(28-27-2)23(34-3)14-19(15)29-30-21-12-17(37-36-35-25)9-16-10-18(38(26,32)33)13-22(31)24(16)21/h9-14,31H,4-8,25H2,1-3H3,(H2,26,32,33). The number of benzene rings is 3. The first kappa shape index (κ1) is 29.4. The number of phenolic OH excluding ortho intramolecular Hbond substituents is 1. The number of hydrogen-bond donors (Lipinski definition) is 3. The molecule has 5 N–H and O–H groups in total. The van der Waals surface area contributed by atoms with Gasteiger partial charge in [0, 0.05) is 24.1 Å². The van der Waals surface area contributed by atoms with E-state index >= 15 is 0 Å². The maximum atomic E-state index is 11.9. The summed E-state index contributed by atoms with van der Waals surface area (Å²) in [5.74, 6) is 5.10. The van der Waals surface area contributed by atoms with E-state index in [9.17, 15) is 13.5 Å². The molecule has 12 nitrogen and oxygen atoms in total. The second-order valence-corrected chi connectivity index (χ2v) is 10.6. The topological polar surface area (TPSA) is 184 Å². The number of methoxy groups -OCH3 is 1. The van der Waals surface area contributed by atoms with Crippen molar-refractivity contribution >= 4 is 49.9 Å². The summed E-state index contributed by atoms with van der Waals surface area (Å²) >= 11 is 0.769. The molecule has 0 aromatic heterocycles. The van der Waals surface area contributed by atoms with Gasteiger partial charge in [0.15, 0.2) is 0 Å². The number of nitrogens with zero attached hydrogens (tertiary/aromatic N) is 4. The van der Waals surface area contributed by atoms with E-state index in [-0.39, 0.29) is 21.7 Å². The van der Waals surface area contributed by atoms with Crippen LogP contribution in [0.25, 0.3) is 10.8 Å². The van der Waals surface area contributed by atoms with Gasteiger partial charge >= 0.3 is 0 Å². The van der Waals surface area contributed by atoms with Gasteiger partial charge < -0.3 is 9.84 Å². The van der Waals surface area contributed by atoms with Gasteiger partial charge in [-0.15, -0.1) is 14.4 Å². The molecule has 0 saturated carbocycles. The number of phenols is 1. The molecular formula is C24H30N6O6S2. The lowest BCUT2D eigenvalue weighted by Gasteiger charge is -2.11. The largest absolute Gasteiger partial charge is 0.507 e. The Hall–Kier alpha value is -3.14. The zero-order valence-electron chi connectivity index (χ0n) is 21.2. The van der Waals surface area contributed by atoms with Gasteiger partial charge in [0.2, 0.25) is 10.0 Å². The van der Waals surface area contributed by atoms with Crippen molar-refractivity contribution in [3.8, 4) is 11.5 Å². The lowest BCUT2D eigenvalue weighted by Crippen LogP contribution is -2.11. The third-order valence-electron chi connectivity index (χ3n) is 5.61. The smallest absolute Gasteiger partial charge is 0.238 e. The Balaban J connectivity index is 2.15. The summed E-state index contributed by atoms with van der Waals surface area (Å²) < 4.78 is 34.0. The number of nitrogens with two attached hydrogens (primary N) is 2. The number of ether oxygens (including phenoxy) is 1. The molecule has 0 amide bonds. The first-order valence-electron chi connectivity index (χ1n) is 11.7. The van der Waals surface area contributed by atoms with Gasteiger partial charge in [0.05, 0.1) is 40.8 Å². The third kappa shape index (κ3) is 7.46. The average Bonchev–Trinajstić information content (AvgIpc) is 2.88. The number of primary sulfonamides is 1. The highest BCUT2D eigenvalue weighted by molar-refractivity contribution is 7.94. The van der Waals surface area contributed by atoms with E-state index in [0.29, 0.717) is 27.4 Å². The maximum Gasteiger partial charge on any atom is 0.238 e. The van der Waals surface area contributed by atoms with Crippen LogP contribution in [0.5, 0.6) is 11.5 Å². The van der Waals surface area contributed by atoms with Crippen LogP contribution in [-0.4, -0.2) is 27.7 Å². The molecule has 0 aliphatic heterocycles. The van der Waals surface area contributed by atoms with Crippen LogP contribution in [0.4, 0.5) is 17.1 Å². The summed E-state index contributed by atoms with van der Waals surface area (Å²) in [4.78, 5) is 4.37. The van der Waals surface area contributed by atoms with Gasteiger partial charge in [0.25, 0.3) is 0 Å². The Morgan fingerprint density at radius 2 is 1.74 bits per heavy atom. The Bertz CT molecular complexity index is 1450. The van der Waals surface area contributed by atoms with E-state index in [0.717, 1.165) is 55.8 Å². The Labute approximate surface area is 225 Å². The number of rotatable bonds is 13. The normalized spacial score (nSPS) is 12.2. The summed E-state index contributed by atoms with van der Waals surface area (Å²) in [5, 5.41) is 33.5. The molecule has 3 rings (SSSR count). The molecule has 0 heterocycles. The molecule has 3 aromatic carbocycles. The van der Waals surface area contributed by atoms with Crippen molar-refractivity contribution < 1.29 is 27.6 Å². The zero-order valence-corrected chi connectivity index (χ0v) is 22.9. The summed E-state index contributed by atoms with van der Waals surface area (Å²) in [6.07, 6.45) is 5.00. The van der Waals surface area contributed by atoms with E-state index in [1.165, 1.54) is 13.2 Å². The fraction of sp³-hybridized carbons (Fsp3) is 0.333. The van der Waals surface area contributed by atoms with Crippen LogP contribution in [0.3, 0.4) is 0 Å².